The van der Waals surface area contributed by atoms with Crippen molar-refractivity contribution in [1.82, 2.24) is 24.8 Å². The number of ether oxygens (including phenoxy) is 4. The number of cyclic esters (lactones) is 1. The van der Waals surface area contributed by atoms with Crippen LogP contribution in [0, 0.1) is 27.9 Å². The summed E-state index contributed by atoms with van der Waals surface area (Å²) in [4.78, 5) is 49.5. The molecule has 0 amide bonds. The standard InChI is InChI=1S/C49H79N7O12/c1-12-41-49(61,13-2)44(59)31(4)39(51-68-38-20-18-36(19-21-38)53(8)9)22-25-48(7,64-11)45(32(5)42(57)33(6)46(60)66-41)67-47-43(58)40(28-30(3)65-47)54(10)26-24-35-29-55(52-50-35)27-23-34-14-16-37(17-15-34)56(62)63/h14-17,29-33,36,38,40-41,43-45,47,58-59,61H,12-13,18-28H2,1-11H3/b51-39+/t30-,31+,32+,33-,36-,38+,40+,41-,43-,44-,45-,47+,48-,49-/m1/s1. The number of hydrogen-bond acceptors (Lipinski definition) is 17. The van der Waals surface area contributed by atoms with E-state index in [-0.39, 0.29) is 43.6 Å². The number of esters is 1. The molecule has 2 saturated heterocycles. The van der Waals surface area contributed by atoms with Gasteiger partial charge in [0.05, 0.1) is 40.2 Å². The van der Waals surface area contributed by atoms with Gasteiger partial charge in [0.25, 0.3) is 5.69 Å². The van der Waals surface area contributed by atoms with Crippen molar-refractivity contribution in [2.45, 2.75) is 192 Å². The minimum atomic E-state index is -1.87. The number of hydrogen-bond donors (Lipinski definition) is 3. The number of non-ortho nitro benzene ring substituents is 1. The molecule has 2 aromatic rings. The van der Waals surface area contributed by atoms with Crippen molar-refractivity contribution in [3.63, 3.8) is 0 Å². The van der Waals surface area contributed by atoms with E-state index in [1.807, 2.05) is 32.0 Å². The van der Waals surface area contributed by atoms with E-state index in [9.17, 15) is 35.0 Å². The molecule has 1 saturated carbocycles. The highest BCUT2D eigenvalue weighted by Gasteiger charge is 2.51. The van der Waals surface area contributed by atoms with E-state index in [1.54, 1.807) is 44.5 Å². The third-order valence-electron chi connectivity index (χ3n) is 15.1. The van der Waals surface area contributed by atoms with Gasteiger partial charge in [0.2, 0.25) is 0 Å². The number of benzene rings is 1. The van der Waals surface area contributed by atoms with E-state index in [4.69, 9.17) is 28.9 Å². The third-order valence-corrected chi connectivity index (χ3v) is 15.1. The third kappa shape index (κ3) is 13.3. The van der Waals surface area contributed by atoms with E-state index >= 15 is 0 Å². The molecule has 3 fully saturated rings. The number of nitro benzene ring substituents is 1. The van der Waals surface area contributed by atoms with E-state index in [2.05, 4.69) is 29.3 Å². The maximum absolute atomic E-state index is 14.5. The predicted octanol–water partition coefficient (Wildman–Crippen LogP) is 4.90. The maximum atomic E-state index is 14.5. The SMILES string of the molecule is CC[C@H]1OC(=O)[C@H](C)C(=O)[C@H](C)[C@@H](O[C@@H]2O[C@H](C)C[C@H](N(C)CCc3cn(CCc4ccc([N+](=O)[O-])cc4)nn3)[C@H]2O)[C@](C)(OC)CC/C(=N\O[C@H]2CC[C@@H](N(C)C)CC2)[C@H](C)[C@@H](O)[C@@]1(O)CC. The van der Waals surface area contributed by atoms with Crippen LogP contribution < -0.4 is 0 Å². The fraction of sp³-hybridized carbons (Fsp3) is 0.776. The number of aliphatic hydroxyl groups is 3. The van der Waals surface area contributed by atoms with Crippen LogP contribution in [0.25, 0.3) is 0 Å². The van der Waals surface area contributed by atoms with Crippen molar-refractivity contribution in [3.05, 3.63) is 51.8 Å². The lowest BCUT2D eigenvalue weighted by Crippen LogP contribution is -2.60. The monoisotopic (exact) mass is 958 g/mol. The molecule has 19 heteroatoms. The van der Waals surface area contributed by atoms with Gasteiger partial charge in [0, 0.05) is 68.9 Å². The summed E-state index contributed by atoms with van der Waals surface area (Å²) in [6, 6.07) is 6.48. The van der Waals surface area contributed by atoms with Crippen LogP contribution in [0.4, 0.5) is 5.69 Å². The zero-order valence-electron chi connectivity index (χ0n) is 42.2. The van der Waals surface area contributed by atoms with Gasteiger partial charge in [-0.1, -0.05) is 50.2 Å². The molecule has 3 aliphatic rings. The number of rotatable bonds is 16. The van der Waals surface area contributed by atoms with Crippen molar-refractivity contribution < 1.29 is 53.6 Å². The van der Waals surface area contributed by atoms with Gasteiger partial charge in [-0.25, -0.2) is 0 Å². The minimum Gasteiger partial charge on any atom is -0.459 e. The first-order valence-electron chi connectivity index (χ1n) is 24.6. The summed E-state index contributed by atoms with van der Waals surface area (Å²) in [7, 11) is 7.59. The molecule has 0 radical (unpaired) electrons. The molecule has 0 bridgehead atoms. The number of carbonyl (C=O) groups is 2. The number of aliphatic hydroxyl groups excluding tert-OH is 2. The summed E-state index contributed by atoms with van der Waals surface area (Å²) < 4.78 is 27.1. The number of ketones is 1. The van der Waals surface area contributed by atoms with Gasteiger partial charge in [0.1, 0.15) is 29.8 Å². The Morgan fingerprint density at radius 2 is 1.69 bits per heavy atom. The number of nitro groups is 1. The molecule has 5 rings (SSSR count). The number of Topliss-reactive ketones (excluding diaryl/α,β-unsaturated/α-hetero) is 1. The number of nitrogens with zero attached hydrogens (tertiary/aromatic N) is 7. The Kier molecular flexibility index (Phi) is 19.6. The maximum Gasteiger partial charge on any atom is 0.316 e. The van der Waals surface area contributed by atoms with Crippen LogP contribution in [0.15, 0.2) is 35.6 Å². The second-order valence-corrected chi connectivity index (χ2v) is 20.0. The number of oxime groups is 1. The minimum absolute atomic E-state index is 0.0410. The van der Waals surface area contributed by atoms with E-state index in [0.717, 1.165) is 36.9 Å². The average molecular weight is 958 g/mol. The highest BCUT2D eigenvalue weighted by Crippen LogP contribution is 2.38. The zero-order chi connectivity index (χ0) is 50.1. The first kappa shape index (κ1) is 55.0. The fourth-order valence-corrected chi connectivity index (χ4v) is 10.1. The number of aryl methyl sites for hydroxylation is 2. The molecule has 0 spiro atoms. The van der Waals surface area contributed by atoms with Gasteiger partial charge in [-0.05, 0) is 112 Å². The van der Waals surface area contributed by atoms with Gasteiger partial charge in [-0.3, -0.25) is 24.4 Å². The van der Waals surface area contributed by atoms with Crippen molar-refractivity contribution in [3.8, 4) is 0 Å². The first-order chi connectivity index (χ1) is 32.2. The van der Waals surface area contributed by atoms with Crippen LogP contribution in [0.1, 0.15) is 118 Å². The summed E-state index contributed by atoms with van der Waals surface area (Å²) in [5.74, 6) is -4.32. The Hall–Kier alpha value is -3.95. The molecule has 2 aliphatic heterocycles. The van der Waals surface area contributed by atoms with Crippen LogP contribution >= 0.6 is 0 Å². The lowest BCUT2D eigenvalue weighted by atomic mass is 9.75. The molecule has 19 nitrogen and oxygen atoms in total. The molecule has 3 heterocycles. The van der Waals surface area contributed by atoms with Crippen molar-refractivity contribution >= 4 is 23.2 Å². The van der Waals surface area contributed by atoms with Gasteiger partial charge in [-0.15, -0.1) is 5.10 Å². The topological polar surface area (TPSA) is 234 Å². The summed E-state index contributed by atoms with van der Waals surface area (Å²) >= 11 is 0. The lowest BCUT2D eigenvalue weighted by molar-refractivity contribution is -0.384. The van der Waals surface area contributed by atoms with Crippen LogP contribution in [0.3, 0.4) is 0 Å². The van der Waals surface area contributed by atoms with Gasteiger partial charge in [-0.2, -0.15) is 0 Å². The zero-order valence-corrected chi connectivity index (χ0v) is 42.2. The van der Waals surface area contributed by atoms with Crippen LogP contribution in [-0.4, -0.2) is 163 Å². The Bertz CT molecular complexity index is 1980. The molecule has 1 aliphatic carbocycles. The van der Waals surface area contributed by atoms with Gasteiger partial charge in [0.15, 0.2) is 12.1 Å². The van der Waals surface area contributed by atoms with E-state index in [1.165, 1.54) is 26.2 Å². The summed E-state index contributed by atoms with van der Waals surface area (Å²) in [6.45, 7) is 13.2. The van der Waals surface area contributed by atoms with Crippen molar-refractivity contribution in [2.75, 3.05) is 34.8 Å². The molecule has 1 aromatic carbocycles. The van der Waals surface area contributed by atoms with Crippen LogP contribution in [0.2, 0.25) is 0 Å². The predicted molar refractivity (Wildman–Crippen MR) is 254 cm³/mol. The largest absolute Gasteiger partial charge is 0.459 e. The summed E-state index contributed by atoms with van der Waals surface area (Å²) in [5, 5.41) is 60.6. The highest BCUT2D eigenvalue weighted by molar-refractivity contribution is 6.00. The number of carbonyl (C=O) groups excluding carboxylic acids is 2. The van der Waals surface area contributed by atoms with Crippen LogP contribution in [-0.2, 0) is 52.8 Å². The number of aromatic nitrogens is 3. The van der Waals surface area contributed by atoms with Gasteiger partial charge < -0.3 is 48.9 Å². The Labute approximate surface area is 402 Å². The molecule has 0 unspecified atom stereocenters. The highest BCUT2D eigenvalue weighted by atomic mass is 16.7. The Morgan fingerprint density at radius 3 is 2.29 bits per heavy atom. The quantitative estimate of drug-likeness (QED) is 0.0879. The summed E-state index contributed by atoms with van der Waals surface area (Å²) in [6.07, 6.45) is 1.26. The Morgan fingerprint density at radius 1 is 1.01 bits per heavy atom. The molecular weight excluding hydrogens is 879 g/mol. The van der Waals surface area contributed by atoms with Crippen LogP contribution in [0.5, 0.6) is 0 Å². The van der Waals surface area contributed by atoms with Crippen molar-refractivity contribution in [1.29, 1.82) is 0 Å². The second-order valence-electron chi connectivity index (χ2n) is 20.0. The van der Waals surface area contributed by atoms with E-state index < -0.39 is 82.4 Å². The van der Waals surface area contributed by atoms with Gasteiger partial charge >= 0.3 is 5.97 Å². The molecular formula is C49H79N7O12. The smallest absolute Gasteiger partial charge is 0.316 e. The molecule has 1 aromatic heterocycles. The Balaban J connectivity index is 1.37. The lowest BCUT2D eigenvalue weighted by Gasteiger charge is -2.47. The van der Waals surface area contributed by atoms with E-state index in [0.29, 0.717) is 44.1 Å². The summed E-state index contributed by atoms with van der Waals surface area (Å²) in [5.41, 5.74) is -0.900. The first-order valence-corrected chi connectivity index (χ1v) is 24.6. The molecule has 12 atom stereocenters. The fourth-order valence-electron chi connectivity index (χ4n) is 10.1. The molecule has 3 N–H and O–H groups in total. The molecule has 68 heavy (non-hydrogen) atoms. The number of likely N-dealkylation sites (N-methyl/N-ethyl adjacent to an activating group) is 1. The van der Waals surface area contributed by atoms with Crippen molar-refractivity contribution in [2.24, 2.45) is 22.9 Å². The number of methoxy groups -OCH3 is 1. The average Bonchev–Trinajstić information content (AvgIpc) is 3.80. The molecule has 382 valence electrons. The normalized spacial score (nSPS) is 35.3. The second kappa shape index (κ2) is 24.3.